The summed E-state index contributed by atoms with van der Waals surface area (Å²) < 4.78 is 11.8. The minimum atomic E-state index is 0.0786. The highest BCUT2D eigenvalue weighted by atomic mass is 16.5. The van der Waals surface area contributed by atoms with Gasteiger partial charge in [-0.2, -0.15) is 10.2 Å². The first-order chi connectivity index (χ1) is 23.1. The molecule has 7 nitrogen and oxygen atoms in total. The number of hydrogen-bond acceptors (Lipinski definition) is 5. The van der Waals surface area contributed by atoms with Gasteiger partial charge in [0.15, 0.2) is 0 Å². The maximum absolute atomic E-state index is 7.28. The number of piperidine rings is 2. The Kier molecular flexibility index (Phi) is 8.36. The Bertz CT molecular complexity index is 1780. The average molecular weight is 625 g/mol. The summed E-state index contributed by atoms with van der Waals surface area (Å²) in [6.45, 7) is 8.33. The zero-order valence-corrected chi connectivity index (χ0v) is 27.3. The van der Waals surface area contributed by atoms with Crippen molar-refractivity contribution in [3.63, 3.8) is 0 Å². The van der Waals surface area contributed by atoms with Gasteiger partial charge in [0.25, 0.3) is 0 Å². The summed E-state index contributed by atoms with van der Waals surface area (Å²) in [5.41, 5.74) is 5.06. The van der Waals surface area contributed by atoms with Crippen molar-refractivity contribution in [1.29, 1.82) is 0 Å². The van der Waals surface area contributed by atoms with E-state index in [1.54, 1.807) is 0 Å². The van der Waals surface area contributed by atoms with Crippen LogP contribution in [0.1, 0.15) is 62.0 Å². The van der Waals surface area contributed by atoms with Crippen LogP contribution in [0.5, 0.6) is 0 Å². The number of benzene rings is 4. The van der Waals surface area contributed by atoms with Crippen molar-refractivity contribution in [2.24, 2.45) is 0 Å². The van der Waals surface area contributed by atoms with Gasteiger partial charge < -0.3 is 4.74 Å². The van der Waals surface area contributed by atoms with Gasteiger partial charge >= 0.3 is 0 Å². The Balaban J connectivity index is 1.10. The molecule has 240 valence electrons. The summed E-state index contributed by atoms with van der Waals surface area (Å²) in [6.07, 6.45) is 6.04. The highest BCUT2D eigenvalue weighted by Crippen LogP contribution is 2.36. The van der Waals surface area contributed by atoms with Gasteiger partial charge in [0.1, 0.15) is 0 Å². The molecule has 6 aromatic rings. The molecule has 2 fully saturated rings. The molecule has 0 radical (unpaired) electrons. The minimum absolute atomic E-state index is 0.0786. The summed E-state index contributed by atoms with van der Waals surface area (Å²) in [5, 5.41) is 12.2. The second-order valence-electron chi connectivity index (χ2n) is 13.5. The molecule has 0 spiro atoms. The van der Waals surface area contributed by atoms with Crippen LogP contribution in [0.2, 0.25) is 0 Å². The van der Waals surface area contributed by atoms with Crippen LogP contribution in [-0.4, -0.2) is 67.7 Å². The molecule has 4 aromatic carbocycles. The Morgan fingerprint density at radius 1 is 0.532 bits per heavy atom. The molecule has 2 aliphatic heterocycles. The van der Waals surface area contributed by atoms with Crippen molar-refractivity contribution in [2.45, 2.75) is 63.1 Å². The third-order valence-electron chi connectivity index (χ3n) is 10.6. The molecule has 2 saturated heterocycles. The number of aromatic nitrogens is 4. The number of hydrogen-bond donors (Lipinski definition) is 0. The molecule has 0 saturated carbocycles. The lowest BCUT2D eigenvalue weighted by Crippen LogP contribution is -2.51. The van der Waals surface area contributed by atoms with E-state index in [1.165, 1.54) is 32.9 Å². The molecule has 0 amide bonds. The molecule has 47 heavy (non-hydrogen) atoms. The normalized spacial score (nSPS) is 24.0. The number of fused-ring (bicyclic) bond motifs is 2. The lowest BCUT2D eigenvalue weighted by atomic mass is 9.96. The molecule has 0 bridgehead atoms. The van der Waals surface area contributed by atoms with Crippen molar-refractivity contribution in [3.05, 3.63) is 133 Å². The van der Waals surface area contributed by atoms with Crippen LogP contribution in [0.4, 0.5) is 0 Å². The number of nitrogens with zero attached hydrogens (tertiary/aromatic N) is 6. The maximum Gasteiger partial charge on any atom is 0.0727 e. The highest BCUT2D eigenvalue weighted by Gasteiger charge is 2.38. The molecule has 2 aliphatic rings. The Morgan fingerprint density at radius 3 is 1.38 bits per heavy atom. The molecule has 0 aliphatic carbocycles. The van der Waals surface area contributed by atoms with Gasteiger partial charge in [0.2, 0.25) is 0 Å². The summed E-state index contributed by atoms with van der Waals surface area (Å²) in [7, 11) is 0. The van der Waals surface area contributed by atoms with E-state index in [2.05, 4.69) is 142 Å². The van der Waals surface area contributed by atoms with Crippen molar-refractivity contribution < 1.29 is 4.74 Å². The first-order valence-corrected chi connectivity index (χ1v) is 17.2. The average Bonchev–Trinajstić information content (AvgIpc) is 3.76. The SMILES string of the molecule is CC(c1ccccc1)N1CC(OC2CC(n3ncc4ccccc43)CN(C(C)c3ccccc3)C2)CC(n2ncc3ccccc32)C1. The third-order valence-corrected chi connectivity index (χ3v) is 10.6. The molecule has 6 atom stereocenters. The smallest absolute Gasteiger partial charge is 0.0727 e. The predicted molar refractivity (Wildman–Crippen MR) is 188 cm³/mol. The van der Waals surface area contributed by atoms with E-state index in [0.29, 0.717) is 0 Å². The Morgan fingerprint density at radius 2 is 0.936 bits per heavy atom. The van der Waals surface area contributed by atoms with E-state index in [-0.39, 0.29) is 36.4 Å². The highest BCUT2D eigenvalue weighted by molar-refractivity contribution is 5.79. The fraction of sp³-hybridized carbons (Fsp3) is 0.350. The van der Waals surface area contributed by atoms with Crippen LogP contribution in [0.15, 0.2) is 122 Å². The zero-order chi connectivity index (χ0) is 31.7. The standard InChI is InChI=1S/C40H44N6O/c1-29(31-13-5-3-6-14-31)43-25-35(45-39-19-11-9-17-33(39)23-41-45)21-37(27-43)47-38-22-36(46-40-20-12-10-18-34(40)24-42-46)26-44(28-38)30(2)32-15-7-4-8-16-32/h3-20,23-24,29-30,35-38H,21-22,25-28H2,1-2H3. The van der Waals surface area contributed by atoms with Crippen LogP contribution in [-0.2, 0) is 4.74 Å². The van der Waals surface area contributed by atoms with Gasteiger partial charge in [-0.05, 0) is 49.9 Å². The van der Waals surface area contributed by atoms with Crippen LogP contribution in [0.3, 0.4) is 0 Å². The largest absolute Gasteiger partial charge is 0.372 e. The summed E-state index contributed by atoms with van der Waals surface area (Å²) in [6, 6.07) is 39.9. The first-order valence-electron chi connectivity index (χ1n) is 17.2. The van der Waals surface area contributed by atoms with Crippen LogP contribution >= 0.6 is 0 Å². The van der Waals surface area contributed by atoms with Gasteiger partial charge in [-0.3, -0.25) is 19.2 Å². The van der Waals surface area contributed by atoms with E-state index in [1.807, 2.05) is 12.4 Å². The molecule has 8 rings (SSSR count). The molecular formula is C40H44N6O. The molecular weight excluding hydrogens is 580 g/mol. The maximum atomic E-state index is 7.28. The van der Waals surface area contributed by atoms with Crippen molar-refractivity contribution in [1.82, 2.24) is 29.4 Å². The van der Waals surface area contributed by atoms with Crippen LogP contribution < -0.4 is 0 Å². The molecule has 6 unspecified atom stereocenters. The quantitative estimate of drug-likeness (QED) is 0.173. The van der Waals surface area contributed by atoms with Gasteiger partial charge in [0.05, 0.1) is 47.7 Å². The van der Waals surface area contributed by atoms with E-state index < -0.39 is 0 Å². The minimum Gasteiger partial charge on any atom is -0.372 e. The number of likely N-dealkylation sites (tertiary alicyclic amines) is 2. The second-order valence-corrected chi connectivity index (χ2v) is 13.5. The molecule has 4 heterocycles. The molecule has 7 heteroatoms. The van der Waals surface area contributed by atoms with Crippen LogP contribution in [0, 0.1) is 0 Å². The summed E-state index contributed by atoms with van der Waals surface area (Å²) in [5.74, 6) is 0. The lowest BCUT2D eigenvalue weighted by molar-refractivity contribution is -0.100. The van der Waals surface area contributed by atoms with Crippen molar-refractivity contribution in [2.75, 3.05) is 26.2 Å². The monoisotopic (exact) mass is 624 g/mol. The predicted octanol–water partition coefficient (Wildman–Crippen LogP) is 7.86. The zero-order valence-electron chi connectivity index (χ0n) is 27.3. The fourth-order valence-corrected chi connectivity index (χ4v) is 8.03. The van der Waals surface area contributed by atoms with Gasteiger partial charge in [-0.25, -0.2) is 0 Å². The molecule has 0 N–H and O–H groups in total. The van der Waals surface area contributed by atoms with E-state index in [9.17, 15) is 0 Å². The molecule has 2 aromatic heterocycles. The van der Waals surface area contributed by atoms with Gasteiger partial charge in [0, 0.05) is 49.0 Å². The second kappa shape index (κ2) is 13.1. The Labute approximate surface area is 277 Å². The topological polar surface area (TPSA) is 51.4 Å². The van der Waals surface area contributed by atoms with E-state index in [4.69, 9.17) is 14.9 Å². The number of para-hydroxylation sites is 2. The van der Waals surface area contributed by atoms with Crippen molar-refractivity contribution >= 4 is 21.8 Å². The Hall–Kier alpha value is -4.30. The van der Waals surface area contributed by atoms with Crippen LogP contribution in [0.25, 0.3) is 21.8 Å². The number of ether oxygens (including phenoxy) is 1. The van der Waals surface area contributed by atoms with Crippen molar-refractivity contribution in [3.8, 4) is 0 Å². The van der Waals surface area contributed by atoms with E-state index >= 15 is 0 Å². The summed E-state index contributed by atoms with van der Waals surface area (Å²) in [4.78, 5) is 5.21. The third kappa shape index (κ3) is 6.11. The van der Waals surface area contributed by atoms with E-state index in [0.717, 1.165) is 39.0 Å². The van der Waals surface area contributed by atoms with Gasteiger partial charge in [-0.1, -0.05) is 97.1 Å². The first kappa shape index (κ1) is 30.1. The van der Waals surface area contributed by atoms with Gasteiger partial charge in [-0.15, -0.1) is 0 Å². The lowest BCUT2D eigenvalue weighted by Gasteiger charge is -2.45. The summed E-state index contributed by atoms with van der Waals surface area (Å²) >= 11 is 0. The number of rotatable bonds is 8. The fourth-order valence-electron chi connectivity index (χ4n) is 8.03.